The van der Waals surface area contributed by atoms with Crippen molar-refractivity contribution in [2.75, 3.05) is 13.1 Å². The van der Waals surface area contributed by atoms with Crippen LogP contribution in [-0.4, -0.2) is 34.2 Å². The molecule has 104 valence electrons. The number of carboxylic acids is 1. The van der Waals surface area contributed by atoms with Gasteiger partial charge >= 0.3 is 5.97 Å². The van der Waals surface area contributed by atoms with Gasteiger partial charge in [-0.2, -0.15) is 0 Å². The van der Waals surface area contributed by atoms with Crippen molar-refractivity contribution in [3.63, 3.8) is 0 Å². The maximum Gasteiger partial charge on any atom is 0.309 e. The van der Waals surface area contributed by atoms with Gasteiger partial charge in [0.2, 0.25) is 0 Å². The van der Waals surface area contributed by atoms with Crippen LogP contribution in [0, 0.1) is 5.41 Å². The van der Waals surface area contributed by atoms with E-state index in [0.29, 0.717) is 19.4 Å². The van der Waals surface area contributed by atoms with Crippen molar-refractivity contribution in [3.8, 4) is 5.75 Å². The molecular weight excluding hydrogens is 310 g/mol. The number of piperidine rings is 1. The molecule has 1 aliphatic heterocycles. The molecule has 1 heterocycles. The van der Waals surface area contributed by atoms with Gasteiger partial charge in [-0.3, -0.25) is 9.69 Å². The Morgan fingerprint density at radius 2 is 2.05 bits per heavy atom. The van der Waals surface area contributed by atoms with Gasteiger partial charge in [0.1, 0.15) is 5.75 Å². The van der Waals surface area contributed by atoms with Crippen LogP contribution < -0.4 is 0 Å². The molecule has 0 radical (unpaired) electrons. The van der Waals surface area contributed by atoms with Gasteiger partial charge in [-0.15, -0.1) is 0 Å². The summed E-state index contributed by atoms with van der Waals surface area (Å²) in [7, 11) is 0. The summed E-state index contributed by atoms with van der Waals surface area (Å²) >= 11 is 3.39. The molecule has 0 aliphatic carbocycles. The second kappa shape index (κ2) is 5.51. The minimum atomic E-state index is -0.711. The van der Waals surface area contributed by atoms with E-state index in [1.807, 2.05) is 13.0 Å². The van der Waals surface area contributed by atoms with Gasteiger partial charge in [0, 0.05) is 16.6 Å². The molecule has 2 rings (SSSR count). The van der Waals surface area contributed by atoms with Crippen LogP contribution in [-0.2, 0) is 11.3 Å². The standard InChI is InChI=1S/C14H18BrNO3/c1-14(13(18)19)4-6-16(7-5-14)9-10-8-11(15)2-3-12(10)17/h2-3,8,17H,4-7,9H2,1H3,(H,18,19). The normalized spacial score (nSPS) is 19.3. The molecule has 0 spiro atoms. The summed E-state index contributed by atoms with van der Waals surface area (Å²) in [6.07, 6.45) is 1.30. The number of halogens is 1. The first-order valence-electron chi connectivity index (χ1n) is 6.34. The van der Waals surface area contributed by atoms with E-state index in [0.717, 1.165) is 23.1 Å². The highest BCUT2D eigenvalue weighted by Gasteiger charge is 2.36. The largest absolute Gasteiger partial charge is 0.508 e. The fraction of sp³-hybridized carbons (Fsp3) is 0.500. The fourth-order valence-corrected chi connectivity index (χ4v) is 2.75. The Morgan fingerprint density at radius 1 is 1.42 bits per heavy atom. The maximum absolute atomic E-state index is 11.2. The molecule has 4 nitrogen and oxygen atoms in total. The molecule has 0 aromatic heterocycles. The SMILES string of the molecule is CC1(C(=O)O)CCN(Cc2cc(Br)ccc2O)CC1. The number of hydrogen-bond acceptors (Lipinski definition) is 3. The lowest BCUT2D eigenvalue weighted by Crippen LogP contribution is -2.42. The molecular formula is C14H18BrNO3. The molecule has 0 amide bonds. The molecule has 1 aromatic carbocycles. The van der Waals surface area contributed by atoms with Gasteiger partial charge in [-0.1, -0.05) is 15.9 Å². The third-order valence-corrected chi connectivity index (χ3v) is 4.40. The Balaban J connectivity index is 1.99. The number of carboxylic acid groups (broad SMARTS) is 1. The second-order valence-corrected chi connectivity index (χ2v) is 6.33. The van der Waals surface area contributed by atoms with E-state index in [1.165, 1.54) is 0 Å². The van der Waals surface area contributed by atoms with E-state index < -0.39 is 11.4 Å². The third-order valence-electron chi connectivity index (χ3n) is 3.91. The summed E-state index contributed by atoms with van der Waals surface area (Å²) in [6, 6.07) is 5.38. The van der Waals surface area contributed by atoms with Crippen molar-refractivity contribution in [2.45, 2.75) is 26.3 Å². The topological polar surface area (TPSA) is 60.8 Å². The van der Waals surface area contributed by atoms with Gasteiger partial charge in [0.05, 0.1) is 5.41 Å². The first kappa shape index (κ1) is 14.3. The maximum atomic E-state index is 11.2. The van der Waals surface area contributed by atoms with Crippen LogP contribution in [0.5, 0.6) is 5.75 Å². The predicted octanol–water partition coefficient (Wildman–Crippen LogP) is 2.84. The zero-order valence-electron chi connectivity index (χ0n) is 10.9. The highest BCUT2D eigenvalue weighted by atomic mass is 79.9. The number of nitrogens with zero attached hydrogens (tertiary/aromatic N) is 1. The van der Waals surface area contributed by atoms with Crippen molar-refractivity contribution in [1.29, 1.82) is 0 Å². The minimum absolute atomic E-state index is 0.287. The summed E-state index contributed by atoms with van der Waals surface area (Å²) in [5.41, 5.74) is 0.267. The van der Waals surface area contributed by atoms with E-state index in [2.05, 4.69) is 20.8 Å². The Morgan fingerprint density at radius 3 is 2.63 bits per heavy atom. The van der Waals surface area contributed by atoms with Crippen LogP contribution in [0.2, 0.25) is 0 Å². The zero-order chi connectivity index (χ0) is 14.0. The number of likely N-dealkylation sites (tertiary alicyclic amines) is 1. The average molecular weight is 328 g/mol. The van der Waals surface area contributed by atoms with Crippen molar-refractivity contribution in [2.24, 2.45) is 5.41 Å². The predicted molar refractivity (Wildman–Crippen MR) is 76.1 cm³/mol. The lowest BCUT2D eigenvalue weighted by Gasteiger charge is -2.36. The number of hydrogen-bond donors (Lipinski definition) is 2. The summed E-state index contributed by atoms with van der Waals surface area (Å²) in [4.78, 5) is 13.4. The van der Waals surface area contributed by atoms with E-state index >= 15 is 0 Å². The van der Waals surface area contributed by atoms with Crippen molar-refractivity contribution in [3.05, 3.63) is 28.2 Å². The highest BCUT2D eigenvalue weighted by molar-refractivity contribution is 9.10. The van der Waals surface area contributed by atoms with Gasteiger partial charge < -0.3 is 10.2 Å². The molecule has 0 atom stereocenters. The van der Waals surface area contributed by atoms with Crippen molar-refractivity contribution < 1.29 is 15.0 Å². The molecule has 0 bridgehead atoms. The molecule has 19 heavy (non-hydrogen) atoms. The molecule has 0 saturated carbocycles. The summed E-state index contributed by atoms with van der Waals surface area (Å²) in [5.74, 6) is -0.424. The Labute approximate surface area is 121 Å². The summed E-state index contributed by atoms with van der Waals surface area (Å²) in [6.45, 7) is 3.95. The van der Waals surface area contributed by atoms with Gasteiger partial charge in [0.15, 0.2) is 0 Å². The number of phenolic OH excluding ortho intramolecular Hbond substituents is 1. The number of phenols is 1. The highest BCUT2D eigenvalue weighted by Crippen LogP contribution is 2.32. The molecule has 1 saturated heterocycles. The quantitative estimate of drug-likeness (QED) is 0.896. The average Bonchev–Trinajstić information content (AvgIpc) is 2.36. The van der Waals surface area contributed by atoms with Gasteiger partial charge in [-0.25, -0.2) is 0 Å². The number of aliphatic carboxylic acids is 1. The second-order valence-electron chi connectivity index (χ2n) is 5.41. The fourth-order valence-electron chi connectivity index (χ4n) is 2.34. The summed E-state index contributed by atoms with van der Waals surface area (Å²) in [5, 5.41) is 19.0. The number of rotatable bonds is 3. The molecule has 2 N–H and O–H groups in total. The van der Waals surface area contributed by atoms with Crippen LogP contribution in [0.15, 0.2) is 22.7 Å². The molecule has 0 unspecified atom stereocenters. The first-order valence-corrected chi connectivity index (χ1v) is 7.13. The monoisotopic (exact) mass is 327 g/mol. The van der Waals surface area contributed by atoms with Crippen molar-refractivity contribution >= 4 is 21.9 Å². The first-order chi connectivity index (χ1) is 8.90. The Hall–Kier alpha value is -1.07. The number of aromatic hydroxyl groups is 1. The zero-order valence-corrected chi connectivity index (χ0v) is 12.5. The molecule has 1 aliphatic rings. The van der Waals surface area contributed by atoms with Crippen LogP contribution in [0.1, 0.15) is 25.3 Å². The van der Waals surface area contributed by atoms with Gasteiger partial charge in [-0.05, 0) is 51.1 Å². The third kappa shape index (κ3) is 3.28. The number of carbonyl (C=O) groups is 1. The lowest BCUT2D eigenvalue weighted by atomic mass is 9.80. The van der Waals surface area contributed by atoms with E-state index in [9.17, 15) is 15.0 Å². The Bertz CT molecular complexity index is 482. The van der Waals surface area contributed by atoms with E-state index in [1.54, 1.807) is 12.1 Å². The Kier molecular flexibility index (Phi) is 4.16. The van der Waals surface area contributed by atoms with Crippen LogP contribution in [0.3, 0.4) is 0 Å². The summed E-state index contributed by atoms with van der Waals surface area (Å²) < 4.78 is 0.938. The van der Waals surface area contributed by atoms with Crippen LogP contribution in [0.4, 0.5) is 0 Å². The molecule has 1 fully saturated rings. The van der Waals surface area contributed by atoms with Crippen LogP contribution in [0.25, 0.3) is 0 Å². The molecule has 1 aromatic rings. The van der Waals surface area contributed by atoms with Gasteiger partial charge in [0.25, 0.3) is 0 Å². The minimum Gasteiger partial charge on any atom is -0.508 e. The van der Waals surface area contributed by atoms with E-state index in [4.69, 9.17) is 0 Å². The van der Waals surface area contributed by atoms with E-state index in [-0.39, 0.29) is 5.75 Å². The number of benzene rings is 1. The smallest absolute Gasteiger partial charge is 0.309 e. The molecule has 5 heteroatoms. The van der Waals surface area contributed by atoms with Crippen molar-refractivity contribution in [1.82, 2.24) is 4.90 Å². The lowest BCUT2D eigenvalue weighted by molar-refractivity contribution is -0.150. The van der Waals surface area contributed by atoms with Crippen LogP contribution >= 0.6 is 15.9 Å².